The van der Waals surface area contributed by atoms with Crippen LogP contribution in [0.15, 0.2) is 0 Å². The van der Waals surface area contributed by atoms with Crippen molar-refractivity contribution in [3.05, 3.63) is 0 Å². The van der Waals surface area contributed by atoms with Crippen LogP contribution in [-0.2, 0) is 48.0 Å². The molecule has 41 valence electrons. The molecule has 0 saturated heterocycles. The molecule has 6 heavy (non-hydrogen) atoms. The number of aliphatic hydroxyl groups excluding tert-OH is 1. The summed E-state index contributed by atoms with van der Waals surface area (Å²) < 4.78 is -0.653. The van der Waals surface area contributed by atoms with Crippen molar-refractivity contribution < 1.29 is 53.1 Å². The van der Waals surface area contributed by atoms with Gasteiger partial charge in [-0.3, -0.25) is 0 Å². The van der Waals surface area contributed by atoms with Crippen molar-refractivity contribution in [2.75, 3.05) is 6.61 Å². The molecule has 1 N–H and O–H groups in total. The molecule has 0 aliphatic rings. The van der Waals surface area contributed by atoms with Gasteiger partial charge in [-0.25, -0.2) is 0 Å². The Balaban J connectivity index is 3.17. The second kappa shape index (κ2) is 2.74. The fraction of sp³-hybridized carbons (Fsp3) is 1.00. The van der Waals surface area contributed by atoms with Crippen molar-refractivity contribution in [3.63, 3.8) is 0 Å². The van der Waals surface area contributed by atoms with Crippen LogP contribution in [0.2, 0.25) is 2.11 Å². The van der Waals surface area contributed by atoms with Crippen molar-refractivity contribution >= 4 is 0 Å². The van der Waals surface area contributed by atoms with Gasteiger partial charge in [-0.05, 0) is 0 Å². The van der Waals surface area contributed by atoms with Crippen LogP contribution in [0, 0.1) is 0 Å². The molecule has 0 aliphatic carbocycles. The van der Waals surface area contributed by atoms with Gasteiger partial charge in [0.1, 0.15) is 0 Å². The molecular weight excluding hydrogens is 208 g/mol. The minimum atomic E-state index is -0.653. The van der Waals surface area contributed by atoms with Gasteiger partial charge in [0.15, 0.2) is 0 Å². The van der Waals surface area contributed by atoms with Crippen molar-refractivity contribution in [2.45, 2.75) is 2.11 Å². The SMILES string of the molecule is OC[C]([Fe])([Fe])[Fe]. The normalized spacial score (nSPS) is 12.0. The standard InChI is InChI=1S/C2H3O.3Fe/c1-2-3;;;/h3H,2H2;;;. The van der Waals surface area contributed by atoms with Gasteiger partial charge in [-0.15, -0.1) is 0 Å². The summed E-state index contributed by atoms with van der Waals surface area (Å²) in [5, 5.41) is 8.22. The molecule has 0 spiro atoms. The molecule has 0 heterocycles. The van der Waals surface area contributed by atoms with E-state index in [9.17, 15) is 0 Å². The van der Waals surface area contributed by atoms with E-state index in [-0.39, 0.29) is 6.61 Å². The summed E-state index contributed by atoms with van der Waals surface area (Å²) in [5.74, 6) is 0. The number of rotatable bonds is 1. The summed E-state index contributed by atoms with van der Waals surface area (Å²) >= 11 is 10.2. The number of hydrogen-bond donors (Lipinski definition) is 1. The van der Waals surface area contributed by atoms with Gasteiger partial charge in [0.25, 0.3) is 0 Å². The molecule has 0 aromatic rings. The molecule has 0 atom stereocenters. The van der Waals surface area contributed by atoms with Gasteiger partial charge >= 0.3 is 61.9 Å². The number of aliphatic hydroxyl groups is 1. The zero-order valence-corrected chi connectivity index (χ0v) is 6.03. The molecule has 0 aromatic heterocycles. The summed E-state index contributed by atoms with van der Waals surface area (Å²) in [6, 6.07) is 0. The predicted molar refractivity (Wildman–Crippen MR) is 9.78 cm³/mol. The monoisotopic (exact) mass is 211 g/mol. The molecule has 0 rings (SSSR count). The summed E-state index contributed by atoms with van der Waals surface area (Å²) in [5.41, 5.74) is 0. The molecule has 0 amide bonds. The Kier molecular flexibility index (Phi) is 3.43. The van der Waals surface area contributed by atoms with Gasteiger partial charge < -0.3 is 0 Å². The van der Waals surface area contributed by atoms with E-state index in [1.807, 2.05) is 0 Å². The molecule has 0 aliphatic heterocycles. The van der Waals surface area contributed by atoms with Crippen molar-refractivity contribution in [2.24, 2.45) is 0 Å². The van der Waals surface area contributed by atoms with E-state index in [0.717, 1.165) is 0 Å². The third kappa shape index (κ3) is 5.52. The van der Waals surface area contributed by atoms with Crippen LogP contribution in [0.1, 0.15) is 0 Å². The Morgan fingerprint density at radius 3 is 1.50 bits per heavy atom. The van der Waals surface area contributed by atoms with E-state index in [1.165, 1.54) is 0 Å². The average Bonchev–Trinajstić information content (AvgIpc) is 1.35. The van der Waals surface area contributed by atoms with Crippen LogP contribution in [-0.4, -0.2) is 11.7 Å². The first-order valence-corrected chi connectivity index (χ1v) is 2.86. The van der Waals surface area contributed by atoms with Crippen LogP contribution in [0.3, 0.4) is 0 Å². The number of hydrogen-bond acceptors (Lipinski definition) is 1. The second-order valence-corrected chi connectivity index (χ2v) is 4.89. The maximum atomic E-state index is 8.22. The van der Waals surface area contributed by atoms with Crippen LogP contribution in [0.5, 0.6) is 0 Å². The topological polar surface area (TPSA) is 20.2 Å². The van der Waals surface area contributed by atoms with E-state index >= 15 is 0 Å². The van der Waals surface area contributed by atoms with E-state index in [0.29, 0.717) is 0 Å². The van der Waals surface area contributed by atoms with E-state index in [4.69, 9.17) is 5.11 Å². The van der Waals surface area contributed by atoms with Gasteiger partial charge in [0.05, 0.1) is 0 Å². The summed E-state index contributed by atoms with van der Waals surface area (Å²) in [4.78, 5) is 0. The fourth-order valence-electron chi connectivity index (χ4n) is 0. The quantitative estimate of drug-likeness (QED) is 0.589. The molecule has 0 aromatic carbocycles. The van der Waals surface area contributed by atoms with E-state index < -0.39 is 2.11 Å². The van der Waals surface area contributed by atoms with Crippen molar-refractivity contribution in [3.8, 4) is 0 Å². The van der Waals surface area contributed by atoms with Crippen molar-refractivity contribution in [1.82, 2.24) is 0 Å². The van der Waals surface area contributed by atoms with Gasteiger partial charge in [0.2, 0.25) is 0 Å². The Morgan fingerprint density at radius 2 is 1.50 bits per heavy atom. The van der Waals surface area contributed by atoms with E-state index in [1.54, 1.807) is 0 Å². The van der Waals surface area contributed by atoms with Crippen LogP contribution >= 0.6 is 0 Å². The zero-order chi connectivity index (χ0) is 5.21. The molecule has 0 fully saturated rings. The molecule has 0 saturated carbocycles. The first-order chi connectivity index (χ1) is 2.56. The first-order valence-electron chi connectivity index (χ1n) is 1.20. The molecule has 1 nitrogen and oxygen atoms in total. The van der Waals surface area contributed by atoms with Gasteiger partial charge in [0, 0.05) is 0 Å². The van der Waals surface area contributed by atoms with Gasteiger partial charge in [-0.1, -0.05) is 0 Å². The van der Waals surface area contributed by atoms with Crippen molar-refractivity contribution in [1.29, 1.82) is 0 Å². The molecule has 4 heteroatoms. The van der Waals surface area contributed by atoms with Crippen LogP contribution in [0.25, 0.3) is 0 Å². The third-order valence-electron chi connectivity index (χ3n) is 0.168. The molecule has 0 radical (unpaired) electrons. The summed E-state index contributed by atoms with van der Waals surface area (Å²) in [6.45, 7) is -0.0625. The Bertz CT molecular complexity index is 38.5. The predicted octanol–water partition coefficient (Wildman–Crippen LogP) is -0.307. The molecular formula is C2H3Fe3O. The Morgan fingerprint density at radius 1 is 1.33 bits per heavy atom. The Labute approximate surface area is 61.7 Å². The van der Waals surface area contributed by atoms with Gasteiger partial charge in [-0.2, -0.15) is 0 Å². The van der Waals surface area contributed by atoms with Crippen LogP contribution in [0.4, 0.5) is 0 Å². The second-order valence-electron chi connectivity index (χ2n) is 0.721. The maximum absolute atomic E-state index is 8.22. The molecule has 0 unspecified atom stereocenters. The Hall–Kier alpha value is 1.52. The summed E-state index contributed by atoms with van der Waals surface area (Å²) in [6.07, 6.45) is 0. The zero-order valence-electron chi connectivity index (χ0n) is 2.71. The first kappa shape index (κ1) is 7.52. The summed E-state index contributed by atoms with van der Waals surface area (Å²) in [7, 11) is 0. The van der Waals surface area contributed by atoms with Crippen LogP contribution < -0.4 is 0 Å². The van der Waals surface area contributed by atoms with E-state index in [2.05, 4.69) is 48.0 Å². The molecule has 0 bridgehead atoms. The minimum absolute atomic E-state index is 0.0625. The fourth-order valence-corrected chi connectivity index (χ4v) is 0. The third-order valence-corrected chi connectivity index (χ3v) is 0.691. The average molecular weight is 211 g/mol.